The average molecular weight is 478 g/mol. The Labute approximate surface area is 191 Å². The highest BCUT2D eigenvalue weighted by molar-refractivity contribution is 8.26. The number of thiazole rings is 1. The molecule has 3 aromatic rings. The van der Waals surface area contributed by atoms with Crippen molar-refractivity contribution >= 4 is 80.1 Å². The Morgan fingerprint density at radius 2 is 2.13 bits per heavy atom. The highest BCUT2D eigenvalue weighted by atomic mass is 35.5. The number of carbonyl (C=O) groups excluding carboxylic acids is 1. The van der Waals surface area contributed by atoms with Crippen molar-refractivity contribution < 1.29 is 14.7 Å². The first kappa shape index (κ1) is 21.0. The van der Waals surface area contributed by atoms with Crippen molar-refractivity contribution in [3.8, 4) is 0 Å². The molecule has 0 bridgehead atoms. The van der Waals surface area contributed by atoms with Crippen LogP contribution in [-0.4, -0.2) is 42.3 Å². The summed E-state index contributed by atoms with van der Waals surface area (Å²) in [5.41, 5.74) is 1.97. The summed E-state index contributed by atoms with van der Waals surface area (Å²) >= 11 is 14.0. The molecule has 3 heterocycles. The van der Waals surface area contributed by atoms with Gasteiger partial charge in [0.15, 0.2) is 4.47 Å². The summed E-state index contributed by atoms with van der Waals surface area (Å²) in [5.74, 6) is -1.06. The van der Waals surface area contributed by atoms with Crippen LogP contribution in [0.25, 0.3) is 17.0 Å². The molecule has 30 heavy (non-hydrogen) atoms. The number of halogens is 1. The summed E-state index contributed by atoms with van der Waals surface area (Å²) in [7, 11) is 0. The number of carbonyl (C=O) groups is 2. The molecular formula is C20H16ClN3O3S3. The van der Waals surface area contributed by atoms with Gasteiger partial charge >= 0.3 is 5.97 Å². The minimum Gasteiger partial charge on any atom is -0.481 e. The highest BCUT2D eigenvalue weighted by Gasteiger charge is 2.31. The fourth-order valence-electron chi connectivity index (χ4n) is 3.27. The molecular weight excluding hydrogens is 462 g/mol. The predicted octanol–water partition coefficient (Wildman–Crippen LogP) is 4.87. The summed E-state index contributed by atoms with van der Waals surface area (Å²) in [6.45, 7) is 0.942. The molecule has 1 aliphatic heterocycles. The first-order valence-electron chi connectivity index (χ1n) is 9.07. The third-order valence-corrected chi connectivity index (χ3v) is 7.08. The van der Waals surface area contributed by atoms with E-state index in [9.17, 15) is 9.59 Å². The lowest BCUT2D eigenvalue weighted by Gasteiger charge is -2.13. The molecule has 1 N–H and O–H groups in total. The quantitative estimate of drug-likeness (QED) is 0.386. The minimum absolute atomic E-state index is 0.00515. The van der Waals surface area contributed by atoms with Gasteiger partial charge in [-0.1, -0.05) is 53.8 Å². The molecule has 2 aromatic heterocycles. The summed E-state index contributed by atoms with van der Waals surface area (Å²) in [6, 6.07) is 7.99. The zero-order valence-corrected chi connectivity index (χ0v) is 18.8. The second kappa shape index (κ2) is 8.89. The van der Waals surface area contributed by atoms with Gasteiger partial charge in [-0.3, -0.25) is 14.5 Å². The van der Waals surface area contributed by atoms with Crippen molar-refractivity contribution in [1.29, 1.82) is 0 Å². The van der Waals surface area contributed by atoms with Gasteiger partial charge in [0.05, 0.1) is 11.4 Å². The van der Waals surface area contributed by atoms with Gasteiger partial charge in [-0.25, -0.2) is 4.98 Å². The number of carboxylic acid groups (broad SMARTS) is 1. The Bertz CT molecular complexity index is 1180. The number of hydrogen-bond donors (Lipinski definition) is 1. The maximum absolute atomic E-state index is 12.8. The van der Waals surface area contributed by atoms with Crippen LogP contribution in [0.5, 0.6) is 0 Å². The van der Waals surface area contributed by atoms with E-state index >= 15 is 0 Å². The Hall–Kier alpha value is -2.20. The van der Waals surface area contributed by atoms with Gasteiger partial charge in [0, 0.05) is 46.7 Å². The first-order valence-corrected chi connectivity index (χ1v) is 11.5. The maximum Gasteiger partial charge on any atom is 0.303 e. The maximum atomic E-state index is 12.8. The molecule has 6 nitrogen and oxygen atoms in total. The molecule has 0 atom stereocenters. The van der Waals surface area contributed by atoms with Gasteiger partial charge in [-0.05, 0) is 18.6 Å². The van der Waals surface area contributed by atoms with E-state index in [1.54, 1.807) is 6.20 Å². The number of fused-ring (bicyclic) bond motifs is 1. The number of aromatic nitrogens is 2. The fourth-order valence-corrected chi connectivity index (χ4v) is 5.54. The van der Waals surface area contributed by atoms with Gasteiger partial charge in [-0.15, -0.1) is 11.3 Å². The van der Waals surface area contributed by atoms with E-state index in [1.165, 1.54) is 28.0 Å². The van der Waals surface area contributed by atoms with Crippen molar-refractivity contribution in [1.82, 2.24) is 14.5 Å². The van der Waals surface area contributed by atoms with Crippen molar-refractivity contribution in [3.63, 3.8) is 0 Å². The number of benzene rings is 1. The molecule has 1 aliphatic rings. The average Bonchev–Trinajstić information content (AvgIpc) is 3.35. The number of rotatable bonds is 7. The second-order valence-electron chi connectivity index (χ2n) is 6.64. The molecule has 10 heteroatoms. The largest absolute Gasteiger partial charge is 0.481 e. The third-order valence-electron chi connectivity index (χ3n) is 4.60. The summed E-state index contributed by atoms with van der Waals surface area (Å²) in [6.07, 6.45) is 6.00. The molecule has 1 aromatic carbocycles. The Balaban J connectivity index is 1.62. The van der Waals surface area contributed by atoms with Crippen molar-refractivity contribution in [3.05, 3.63) is 56.5 Å². The minimum atomic E-state index is -0.883. The van der Waals surface area contributed by atoms with Gasteiger partial charge in [0.25, 0.3) is 5.91 Å². The lowest BCUT2D eigenvalue weighted by Crippen LogP contribution is -2.29. The van der Waals surface area contributed by atoms with Gasteiger partial charge in [0.2, 0.25) is 0 Å². The first-order chi connectivity index (χ1) is 14.4. The fraction of sp³-hybridized carbons (Fsp3) is 0.200. The summed E-state index contributed by atoms with van der Waals surface area (Å²) in [5, 5.41) is 9.84. The number of aliphatic carboxylic acids is 1. The predicted molar refractivity (Wildman–Crippen MR) is 125 cm³/mol. The molecule has 154 valence electrons. The van der Waals surface area contributed by atoms with E-state index < -0.39 is 5.97 Å². The zero-order chi connectivity index (χ0) is 21.3. The van der Waals surface area contributed by atoms with Crippen molar-refractivity contribution in [2.24, 2.45) is 0 Å². The normalized spacial score (nSPS) is 15.6. The van der Waals surface area contributed by atoms with E-state index in [-0.39, 0.29) is 12.3 Å². The van der Waals surface area contributed by atoms with Crippen LogP contribution in [0, 0.1) is 0 Å². The van der Waals surface area contributed by atoms with Crippen LogP contribution >= 0.6 is 46.9 Å². The summed E-state index contributed by atoms with van der Waals surface area (Å²) < 4.78 is 3.08. The molecule has 4 rings (SSSR count). The smallest absolute Gasteiger partial charge is 0.303 e. The molecule has 1 saturated heterocycles. The van der Waals surface area contributed by atoms with Crippen molar-refractivity contribution in [2.45, 2.75) is 19.4 Å². The van der Waals surface area contributed by atoms with Crippen LogP contribution in [0.1, 0.15) is 23.3 Å². The molecule has 0 radical (unpaired) electrons. The number of para-hydroxylation sites is 1. The van der Waals surface area contributed by atoms with Crippen LogP contribution in [0.3, 0.4) is 0 Å². The number of hydrogen-bond acceptors (Lipinski definition) is 6. The standard InChI is InChI=1S/C20H16ClN3O3S3/c21-19-22-9-13(29-19)11-23-10-12(14-4-1-2-5-15(14)23)8-16-18(27)24(20(28)30-16)7-3-6-17(25)26/h1-2,4-5,8-10H,3,6-7,11H2,(H,25,26). The molecule has 0 saturated carbocycles. The van der Waals surface area contributed by atoms with E-state index in [2.05, 4.69) is 9.55 Å². The van der Waals surface area contributed by atoms with Crippen LogP contribution < -0.4 is 0 Å². The van der Waals surface area contributed by atoms with Crippen LogP contribution in [0.4, 0.5) is 0 Å². The van der Waals surface area contributed by atoms with Gasteiger partial charge in [-0.2, -0.15) is 0 Å². The monoisotopic (exact) mass is 477 g/mol. The lowest BCUT2D eigenvalue weighted by molar-refractivity contribution is -0.137. The number of carboxylic acids is 1. The SMILES string of the molecule is O=C(O)CCCN1C(=O)C(=Cc2cn(Cc3cnc(Cl)s3)c3ccccc23)SC1=S. The Morgan fingerprint density at radius 3 is 2.87 bits per heavy atom. The van der Waals surface area contributed by atoms with E-state index in [0.29, 0.717) is 33.2 Å². The number of amides is 1. The van der Waals surface area contributed by atoms with Crippen LogP contribution in [0.15, 0.2) is 41.6 Å². The number of thiocarbonyl (C=S) groups is 1. The van der Waals surface area contributed by atoms with Crippen LogP contribution in [0.2, 0.25) is 4.47 Å². The lowest BCUT2D eigenvalue weighted by atomic mass is 10.1. The van der Waals surface area contributed by atoms with Gasteiger partial charge < -0.3 is 9.67 Å². The molecule has 1 amide bonds. The molecule has 0 spiro atoms. The Morgan fingerprint density at radius 1 is 1.33 bits per heavy atom. The Kier molecular flexibility index (Phi) is 6.24. The van der Waals surface area contributed by atoms with E-state index in [1.807, 2.05) is 36.5 Å². The van der Waals surface area contributed by atoms with Crippen LogP contribution in [-0.2, 0) is 16.1 Å². The molecule has 0 unspecified atom stereocenters. The zero-order valence-electron chi connectivity index (χ0n) is 15.6. The van der Waals surface area contributed by atoms with E-state index in [0.717, 1.165) is 21.3 Å². The van der Waals surface area contributed by atoms with Gasteiger partial charge in [0.1, 0.15) is 4.32 Å². The topological polar surface area (TPSA) is 75.4 Å². The highest BCUT2D eigenvalue weighted by Crippen LogP contribution is 2.35. The third kappa shape index (κ3) is 4.44. The summed E-state index contributed by atoms with van der Waals surface area (Å²) in [4.78, 5) is 30.7. The van der Waals surface area contributed by atoms with E-state index in [4.69, 9.17) is 28.9 Å². The molecule has 0 aliphatic carbocycles. The van der Waals surface area contributed by atoms with Crippen molar-refractivity contribution in [2.75, 3.05) is 6.54 Å². The molecule has 1 fully saturated rings. The second-order valence-corrected chi connectivity index (χ2v) is 10.0. The number of thioether (sulfide) groups is 1. The number of nitrogens with zero attached hydrogens (tertiary/aromatic N) is 3.